The molecule has 0 saturated carbocycles. The minimum atomic E-state index is -0.711. The van der Waals surface area contributed by atoms with E-state index in [4.69, 9.17) is 0 Å². The molecule has 12 heavy (non-hydrogen) atoms. The molecule has 0 spiro atoms. The van der Waals surface area contributed by atoms with E-state index in [0.717, 1.165) is 0 Å². The van der Waals surface area contributed by atoms with Gasteiger partial charge in [-0.15, -0.1) is 0 Å². The SMILES string of the molecule is O=c1[nH]c(CBr)ccc1[N+](=O)[O-]. The molecule has 6 heteroatoms. The molecule has 0 aliphatic rings. The normalized spacial score (nSPS) is 9.75. The zero-order valence-corrected chi connectivity index (χ0v) is 7.50. The third-order valence-corrected chi connectivity index (χ3v) is 1.89. The summed E-state index contributed by atoms with van der Waals surface area (Å²) in [5.74, 6) is 0. The second-order valence-corrected chi connectivity index (χ2v) is 2.65. The number of rotatable bonds is 2. The summed E-state index contributed by atoms with van der Waals surface area (Å²) < 4.78 is 0. The van der Waals surface area contributed by atoms with E-state index in [2.05, 4.69) is 20.9 Å². The molecule has 0 radical (unpaired) electrons. The zero-order valence-electron chi connectivity index (χ0n) is 5.91. The van der Waals surface area contributed by atoms with Crippen LogP contribution in [0.3, 0.4) is 0 Å². The molecule has 1 aromatic heterocycles. The summed E-state index contributed by atoms with van der Waals surface area (Å²) in [5, 5.41) is 10.7. The van der Waals surface area contributed by atoms with Crippen LogP contribution in [0.15, 0.2) is 16.9 Å². The Morgan fingerprint density at radius 1 is 1.58 bits per heavy atom. The monoisotopic (exact) mass is 232 g/mol. The average molecular weight is 233 g/mol. The lowest BCUT2D eigenvalue weighted by molar-refractivity contribution is -0.386. The number of aromatic amines is 1. The third kappa shape index (κ3) is 1.70. The van der Waals surface area contributed by atoms with Gasteiger partial charge in [-0.1, -0.05) is 15.9 Å². The van der Waals surface area contributed by atoms with Gasteiger partial charge in [-0.25, -0.2) is 0 Å². The van der Waals surface area contributed by atoms with Gasteiger partial charge in [-0.3, -0.25) is 14.9 Å². The first-order valence-corrected chi connectivity index (χ1v) is 4.20. The summed E-state index contributed by atoms with van der Waals surface area (Å²) in [7, 11) is 0. The second-order valence-electron chi connectivity index (χ2n) is 2.09. The number of nitro groups is 1. The van der Waals surface area contributed by atoms with Gasteiger partial charge in [0.05, 0.1) is 4.92 Å². The van der Waals surface area contributed by atoms with Crippen LogP contribution in [-0.2, 0) is 5.33 Å². The molecule has 0 amide bonds. The number of nitrogens with one attached hydrogen (secondary N) is 1. The fraction of sp³-hybridized carbons (Fsp3) is 0.167. The number of pyridine rings is 1. The van der Waals surface area contributed by atoms with Crippen molar-refractivity contribution in [1.29, 1.82) is 0 Å². The van der Waals surface area contributed by atoms with Crippen LogP contribution < -0.4 is 5.56 Å². The van der Waals surface area contributed by atoms with Crippen molar-refractivity contribution < 1.29 is 4.92 Å². The van der Waals surface area contributed by atoms with Crippen molar-refractivity contribution in [1.82, 2.24) is 4.98 Å². The molecular formula is C6H5BrN2O3. The Morgan fingerprint density at radius 3 is 2.67 bits per heavy atom. The quantitative estimate of drug-likeness (QED) is 0.473. The van der Waals surface area contributed by atoms with E-state index in [-0.39, 0.29) is 0 Å². The smallest absolute Gasteiger partial charge is 0.319 e. The lowest BCUT2D eigenvalue weighted by Gasteiger charge is -1.93. The van der Waals surface area contributed by atoms with Gasteiger partial charge >= 0.3 is 11.2 Å². The largest absolute Gasteiger partial charge is 0.333 e. The molecule has 64 valence electrons. The Labute approximate surface area is 75.7 Å². The minimum absolute atomic E-state index is 0.431. The molecule has 5 nitrogen and oxygen atoms in total. The lowest BCUT2D eigenvalue weighted by atomic mass is 10.3. The highest BCUT2D eigenvalue weighted by Crippen LogP contribution is 2.05. The van der Waals surface area contributed by atoms with Crippen molar-refractivity contribution in [3.8, 4) is 0 Å². The second kappa shape index (κ2) is 3.48. The van der Waals surface area contributed by atoms with Crippen LogP contribution in [-0.4, -0.2) is 9.91 Å². The highest BCUT2D eigenvalue weighted by atomic mass is 79.9. The van der Waals surface area contributed by atoms with E-state index in [1.165, 1.54) is 12.1 Å². The van der Waals surface area contributed by atoms with Crippen LogP contribution >= 0.6 is 15.9 Å². The lowest BCUT2D eigenvalue weighted by Crippen LogP contribution is -2.12. The van der Waals surface area contributed by atoms with Crippen molar-refractivity contribution in [2.24, 2.45) is 0 Å². The Morgan fingerprint density at radius 2 is 2.25 bits per heavy atom. The van der Waals surface area contributed by atoms with Crippen molar-refractivity contribution in [2.75, 3.05) is 0 Å². The number of hydrogen-bond donors (Lipinski definition) is 1. The maximum Gasteiger partial charge on any atom is 0.333 e. The highest BCUT2D eigenvalue weighted by Gasteiger charge is 2.10. The van der Waals surface area contributed by atoms with E-state index in [1.54, 1.807) is 0 Å². The van der Waals surface area contributed by atoms with E-state index in [0.29, 0.717) is 11.0 Å². The Kier molecular flexibility index (Phi) is 2.59. The maximum absolute atomic E-state index is 10.9. The number of aromatic nitrogens is 1. The average Bonchev–Trinajstić information content (AvgIpc) is 2.03. The van der Waals surface area contributed by atoms with Gasteiger partial charge < -0.3 is 4.98 Å². The van der Waals surface area contributed by atoms with Crippen LogP contribution in [0.5, 0.6) is 0 Å². The van der Waals surface area contributed by atoms with Crippen LogP contribution in [0.4, 0.5) is 5.69 Å². The molecule has 0 aromatic carbocycles. The number of alkyl halides is 1. The molecule has 1 N–H and O–H groups in total. The first-order valence-electron chi connectivity index (χ1n) is 3.07. The number of H-pyrrole nitrogens is 1. The van der Waals surface area contributed by atoms with Crippen molar-refractivity contribution >= 4 is 21.6 Å². The molecule has 1 heterocycles. The van der Waals surface area contributed by atoms with Crippen LogP contribution in [0.1, 0.15) is 5.69 Å². The predicted molar refractivity (Wildman–Crippen MR) is 46.3 cm³/mol. The van der Waals surface area contributed by atoms with E-state index in [9.17, 15) is 14.9 Å². The van der Waals surface area contributed by atoms with Gasteiger partial charge in [-0.05, 0) is 6.07 Å². The fourth-order valence-electron chi connectivity index (χ4n) is 0.728. The van der Waals surface area contributed by atoms with Crippen molar-refractivity contribution in [3.63, 3.8) is 0 Å². The Balaban J connectivity index is 3.21. The Hall–Kier alpha value is -1.17. The molecule has 0 aliphatic heterocycles. The van der Waals surface area contributed by atoms with E-state index < -0.39 is 16.2 Å². The first kappa shape index (κ1) is 8.92. The van der Waals surface area contributed by atoms with Crippen LogP contribution in [0.2, 0.25) is 0 Å². The number of hydrogen-bond acceptors (Lipinski definition) is 3. The molecule has 0 atom stereocenters. The summed E-state index contributed by atoms with van der Waals surface area (Å²) in [5.41, 5.74) is -0.484. The molecular weight excluding hydrogens is 228 g/mol. The first-order chi connectivity index (χ1) is 5.65. The molecule has 1 aromatic rings. The third-order valence-electron chi connectivity index (χ3n) is 1.29. The predicted octanol–water partition coefficient (Wildman–Crippen LogP) is 1.18. The zero-order chi connectivity index (χ0) is 9.14. The topological polar surface area (TPSA) is 76.0 Å². The summed E-state index contributed by atoms with van der Waals surface area (Å²) in [4.78, 5) is 22.8. The molecule has 0 aliphatic carbocycles. The molecule has 0 bridgehead atoms. The van der Waals surface area contributed by atoms with Gasteiger partial charge in [0, 0.05) is 17.1 Å². The van der Waals surface area contributed by atoms with E-state index in [1.807, 2.05) is 0 Å². The summed E-state index contributed by atoms with van der Waals surface area (Å²) in [6, 6.07) is 2.68. The molecule has 0 unspecified atom stereocenters. The van der Waals surface area contributed by atoms with Crippen molar-refractivity contribution in [3.05, 3.63) is 38.3 Å². The minimum Gasteiger partial charge on any atom is -0.319 e. The summed E-state index contributed by atoms with van der Waals surface area (Å²) >= 11 is 3.11. The number of halogens is 1. The van der Waals surface area contributed by atoms with Gasteiger partial charge in [0.15, 0.2) is 0 Å². The maximum atomic E-state index is 10.9. The molecule has 1 rings (SSSR count). The summed E-state index contributed by atoms with van der Waals surface area (Å²) in [6.45, 7) is 0. The van der Waals surface area contributed by atoms with Crippen LogP contribution in [0, 0.1) is 10.1 Å². The highest BCUT2D eigenvalue weighted by molar-refractivity contribution is 9.08. The van der Waals surface area contributed by atoms with Crippen LogP contribution in [0.25, 0.3) is 0 Å². The van der Waals surface area contributed by atoms with Gasteiger partial charge in [0.2, 0.25) is 0 Å². The van der Waals surface area contributed by atoms with Crippen molar-refractivity contribution in [2.45, 2.75) is 5.33 Å². The fourth-order valence-corrected chi connectivity index (χ4v) is 1.06. The standard InChI is InChI=1S/C6H5BrN2O3/c7-3-4-1-2-5(9(11)12)6(10)8-4/h1-2H,3H2,(H,8,10). The molecule has 0 saturated heterocycles. The van der Waals surface area contributed by atoms with E-state index >= 15 is 0 Å². The Bertz CT molecular complexity index is 360. The van der Waals surface area contributed by atoms with Gasteiger partial charge in [0.1, 0.15) is 0 Å². The molecule has 0 fully saturated rings. The summed E-state index contributed by atoms with van der Waals surface area (Å²) in [6.07, 6.45) is 0. The number of nitrogens with zero attached hydrogens (tertiary/aromatic N) is 1. The van der Waals surface area contributed by atoms with Gasteiger partial charge in [-0.2, -0.15) is 0 Å². The van der Waals surface area contributed by atoms with Gasteiger partial charge in [0.25, 0.3) is 0 Å².